The van der Waals surface area contributed by atoms with Crippen LogP contribution in [-0.2, 0) is 14.3 Å². The van der Waals surface area contributed by atoms with Crippen molar-refractivity contribution in [2.75, 3.05) is 13.7 Å². The molecular weight excluding hydrogens is 216 g/mol. The summed E-state index contributed by atoms with van der Waals surface area (Å²) in [6.07, 6.45) is 4.95. The number of Topliss-reactive ketones (excluding diaryl/α,β-unsaturated/α-hetero) is 1. The van der Waals surface area contributed by atoms with Crippen LogP contribution in [0.15, 0.2) is 0 Å². The van der Waals surface area contributed by atoms with Crippen molar-refractivity contribution in [2.45, 2.75) is 65.1 Å². The van der Waals surface area contributed by atoms with Gasteiger partial charge in [0, 0.05) is 20.1 Å². The van der Waals surface area contributed by atoms with Crippen molar-refractivity contribution < 1.29 is 14.3 Å². The van der Waals surface area contributed by atoms with Gasteiger partial charge in [0.2, 0.25) is 0 Å². The summed E-state index contributed by atoms with van der Waals surface area (Å²) in [5.41, 5.74) is -0.115. The lowest BCUT2D eigenvalue weighted by atomic mass is 9.85. The summed E-state index contributed by atoms with van der Waals surface area (Å²) in [6.45, 7) is 7.01. The number of ketones is 1. The van der Waals surface area contributed by atoms with Crippen molar-refractivity contribution in [2.24, 2.45) is 5.41 Å². The molecule has 2 atom stereocenters. The first-order chi connectivity index (χ1) is 7.95. The first-order valence-corrected chi connectivity index (χ1v) is 6.62. The van der Waals surface area contributed by atoms with Gasteiger partial charge in [0.15, 0.2) is 5.78 Å². The van der Waals surface area contributed by atoms with Crippen LogP contribution in [-0.4, -0.2) is 31.7 Å². The summed E-state index contributed by atoms with van der Waals surface area (Å²) >= 11 is 0. The molecule has 0 amide bonds. The molecular formula is C14H26O3. The highest BCUT2D eigenvalue weighted by Crippen LogP contribution is 2.25. The molecule has 0 aromatic rings. The van der Waals surface area contributed by atoms with E-state index in [0.29, 0.717) is 12.5 Å². The van der Waals surface area contributed by atoms with E-state index in [-0.39, 0.29) is 17.3 Å². The Morgan fingerprint density at radius 1 is 1.47 bits per heavy atom. The van der Waals surface area contributed by atoms with Crippen LogP contribution in [0, 0.1) is 5.41 Å². The zero-order valence-corrected chi connectivity index (χ0v) is 11.6. The lowest BCUT2D eigenvalue weighted by Crippen LogP contribution is -2.36. The maximum absolute atomic E-state index is 12.0. The van der Waals surface area contributed by atoms with Crippen LogP contribution in [0.3, 0.4) is 0 Å². The number of rotatable bonds is 6. The molecule has 0 saturated carbocycles. The van der Waals surface area contributed by atoms with Gasteiger partial charge in [-0.15, -0.1) is 0 Å². The normalized spacial score (nSPS) is 22.7. The highest BCUT2D eigenvalue weighted by atomic mass is 16.5. The molecule has 1 fully saturated rings. The molecule has 1 aliphatic rings. The molecule has 0 aromatic carbocycles. The van der Waals surface area contributed by atoms with Crippen LogP contribution in [0.5, 0.6) is 0 Å². The standard InChI is InChI=1S/C14H26O3/c1-14(2,3)13(16-4)12(15)9-5-7-11-8-6-10-17-11/h11,13H,5-10H2,1-4H3. The van der Waals surface area contributed by atoms with E-state index in [1.54, 1.807) is 7.11 Å². The molecule has 1 rings (SSSR count). The second-order valence-electron chi connectivity index (χ2n) is 5.98. The Morgan fingerprint density at radius 2 is 2.18 bits per heavy atom. The minimum atomic E-state index is -0.285. The van der Waals surface area contributed by atoms with Crippen LogP contribution in [0.1, 0.15) is 52.9 Å². The van der Waals surface area contributed by atoms with E-state index in [2.05, 4.69) is 0 Å². The van der Waals surface area contributed by atoms with E-state index >= 15 is 0 Å². The molecule has 17 heavy (non-hydrogen) atoms. The van der Waals surface area contributed by atoms with Gasteiger partial charge in [-0.25, -0.2) is 0 Å². The van der Waals surface area contributed by atoms with Crippen molar-refractivity contribution in [3.8, 4) is 0 Å². The van der Waals surface area contributed by atoms with Crippen molar-refractivity contribution in [3.63, 3.8) is 0 Å². The summed E-state index contributed by atoms with van der Waals surface area (Å²) in [5.74, 6) is 0.220. The maximum atomic E-state index is 12.0. The Hall–Kier alpha value is -0.410. The summed E-state index contributed by atoms with van der Waals surface area (Å²) in [7, 11) is 1.62. The zero-order valence-electron chi connectivity index (χ0n) is 11.6. The first-order valence-electron chi connectivity index (χ1n) is 6.62. The average Bonchev–Trinajstić information content (AvgIpc) is 2.69. The Kier molecular flexibility index (Phi) is 5.60. The second-order valence-corrected chi connectivity index (χ2v) is 5.98. The lowest BCUT2D eigenvalue weighted by molar-refractivity contribution is -0.135. The van der Waals surface area contributed by atoms with Gasteiger partial charge in [-0.1, -0.05) is 20.8 Å². The van der Waals surface area contributed by atoms with Gasteiger partial charge >= 0.3 is 0 Å². The largest absolute Gasteiger partial charge is 0.378 e. The second kappa shape index (κ2) is 6.50. The molecule has 1 saturated heterocycles. The number of hydrogen-bond acceptors (Lipinski definition) is 3. The fraction of sp³-hybridized carbons (Fsp3) is 0.929. The monoisotopic (exact) mass is 242 g/mol. The number of ether oxygens (including phenoxy) is 2. The SMILES string of the molecule is COC(C(=O)CCCC1CCCO1)C(C)(C)C. The first kappa shape index (κ1) is 14.7. The molecule has 0 aliphatic carbocycles. The minimum Gasteiger partial charge on any atom is -0.378 e. The Labute approximate surface area is 105 Å². The summed E-state index contributed by atoms with van der Waals surface area (Å²) < 4.78 is 10.9. The third-order valence-corrected chi connectivity index (χ3v) is 3.29. The van der Waals surface area contributed by atoms with Crippen LogP contribution < -0.4 is 0 Å². The van der Waals surface area contributed by atoms with Gasteiger partial charge in [0.05, 0.1) is 6.10 Å². The molecule has 1 heterocycles. The Morgan fingerprint density at radius 3 is 2.65 bits per heavy atom. The maximum Gasteiger partial charge on any atom is 0.162 e. The minimum absolute atomic E-state index is 0.115. The van der Waals surface area contributed by atoms with Crippen molar-refractivity contribution >= 4 is 5.78 Å². The van der Waals surface area contributed by atoms with E-state index in [1.807, 2.05) is 20.8 Å². The average molecular weight is 242 g/mol. The van der Waals surface area contributed by atoms with Crippen LogP contribution in [0.2, 0.25) is 0 Å². The predicted molar refractivity (Wildman–Crippen MR) is 68.1 cm³/mol. The molecule has 2 unspecified atom stereocenters. The van der Waals surface area contributed by atoms with Crippen LogP contribution >= 0.6 is 0 Å². The highest BCUT2D eigenvalue weighted by molar-refractivity contribution is 5.83. The van der Waals surface area contributed by atoms with E-state index < -0.39 is 0 Å². The van der Waals surface area contributed by atoms with E-state index in [0.717, 1.165) is 25.9 Å². The third kappa shape index (κ3) is 4.76. The van der Waals surface area contributed by atoms with Crippen LogP contribution in [0.25, 0.3) is 0 Å². The van der Waals surface area contributed by atoms with Gasteiger partial charge in [-0.3, -0.25) is 4.79 Å². The fourth-order valence-electron chi connectivity index (χ4n) is 2.48. The summed E-state index contributed by atoms with van der Waals surface area (Å²) in [6, 6.07) is 0. The quantitative estimate of drug-likeness (QED) is 0.718. The van der Waals surface area contributed by atoms with E-state index in [4.69, 9.17) is 9.47 Å². The van der Waals surface area contributed by atoms with Gasteiger partial charge in [-0.05, 0) is 31.1 Å². The van der Waals surface area contributed by atoms with Gasteiger partial charge in [-0.2, -0.15) is 0 Å². The molecule has 3 nitrogen and oxygen atoms in total. The van der Waals surface area contributed by atoms with Crippen molar-refractivity contribution in [3.05, 3.63) is 0 Å². The number of carbonyl (C=O) groups excluding carboxylic acids is 1. The fourth-order valence-corrected chi connectivity index (χ4v) is 2.48. The van der Waals surface area contributed by atoms with Gasteiger partial charge in [0.25, 0.3) is 0 Å². The van der Waals surface area contributed by atoms with E-state index in [9.17, 15) is 4.79 Å². The van der Waals surface area contributed by atoms with Crippen molar-refractivity contribution in [1.82, 2.24) is 0 Å². The van der Waals surface area contributed by atoms with E-state index in [1.165, 1.54) is 6.42 Å². The number of carbonyl (C=O) groups is 1. The molecule has 0 spiro atoms. The topological polar surface area (TPSA) is 35.5 Å². The Bertz CT molecular complexity index is 236. The molecule has 0 aromatic heterocycles. The van der Waals surface area contributed by atoms with Gasteiger partial charge in [0.1, 0.15) is 6.10 Å². The smallest absolute Gasteiger partial charge is 0.162 e. The third-order valence-electron chi connectivity index (χ3n) is 3.29. The molecule has 1 aliphatic heterocycles. The molecule has 100 valence electrons. The predicted octanol–water partition coefficient (Wildman–Crippen LogP) is 2.97. The molecule has 3 heteroatoms. The van der Waals surface area contributed by atoms with Gasteiger partial charge < -0.3 is 9.47 Å². The number of methoxy groups -OCH3 is 1. The number of hydrogen-bond donors (Lipinski definition) is 0. The summed E-state index contributed by atoms with van der Waals surface area (Å²) in [5, 5.41) is 0. The zero-order chi connectivity index (χ0) is 12.9. The lowest BCUT2D eigenvalue weighted by Gasteiger charge is -2.28. The molecule has 0 bridgehead atoms. The summed E-state index contributed by atoms with van der Waals surface area (Å²) in [4.78, 5) is 12.0. The highest BCUT2D eigenvalue weighted by Gasteiger charge is 2.30. The molecule has 0 N–H and O–H groups in total. The Balaban J connectivity index is 2.27. The molecule has 0 radical (unpaired) electrons. The van der Waals surface area contributed by atoms with Crippen LogP contribution in [0.4, 0.5) is 0 Å². The van der Waals surface area contributed by atoms with Crippen molar-refractivity contribution in [1.29, 1.82) is 0 Å².